The van der Waals surface area contributed by atoms with Gasteiger partial charge in [-0.2, -0.15) is 0 Å². The number of para-hydroxylation sites is 1. The van der Waals surface area contributed by atoms with Crippen molar-refractivity contribution in [3.63, 3.8) is 0 Å². The minimum absolute atomic E-state index is 0.0301. The molecule has 4 heteroatoms. The molecule has 0 bridgehead atoms. The average Bonchev–Trinajstić information content (AvgIpc) is 2.54. The fourth-order valence-corrected chi connectivity index (χ4v) is 2.37. The van der Waals surface area contributed by atoms with Gasteiger partial charge in [0, 0.05) is 11.4 Å². The zero-order chi connectivity index (χ0) is 14.9. The van der Waals surface area contributed by atoms with Crippen molar-refractivity contribution in [3.05, 3.63) is 66.2 Å². The van der Waals surface area contributed by atoms with Gasteiger partial charge in [0.25, 0.3) is 5.91 Å². The van der Waals surface area contributed by atoms with Crippen LogP contribution in [-0.2, 0) is 11.2 Å². The lowest BCUT2D eigenvalue weighted by Crippen LogP contribution is -2.40. The Morgan fingerprint density at radius 1 is 1.05 bits per heavy atom. The molecule has 110 valence electrons. The zero-order valence-electron chi connectivity index (χ0n) is 11.7. The van der Waals surface area contributed by atoms with Crippen molar-refractivity contribution in [3.8, 4) is 5.75 Å². The van der Waals surface area contributed by atoms with Crippen molar-refractivity contribution in [2.75, 3.05) is 11.9 Å². The van der Waals surface area contributed by atoms with Crippen LogP contribution in [0.5, 0.6) is 5.75 Å². The van der Waals surface area contributed by atoms with E-state index < -0.39 is 0 Å². The van der Waals surface area contributed by atoms with Crippen LogP contribution in [-0.4, -0.2) is 23.9 Å². The van der Waals surface area contributed by atoms with Crippen LogP contribution >= 0.6 is 15.9 Å². The molecule has 0 saturated heterocycles. The van der Waals surface area contributed by atoms with Crippen LogP contribution < -0.4 is 10.1 Å². The van der Waals surface area contributed by atoms with Gasteiger partial charge >= 0.3 is 0 Å². The first-order chi connectivity index (χ1) is 10.3. The fraction of sp³-hybridized carbons (Fsp3) is 0.235. The second-order valence-electron chi connectivity index (χ2n) is 4.71. The van der Waals surface area contributed by atoms with E-state index in [9.17, 15) is 4.79 Å². The van der Waals surface area contributed by atoms with Gasteiger partial charge in [0.2, 0.25) is 0 Å². The summed E-state index contributed by atoms with van der Waals surface area (Å²) in [7, 11) is 0. The Bertz CT molecular complexity index is 545. The van der Waals surface area contributed by atoms with Crippen molar-refractivity contribution >= 4 is 21.8 Å². The van der Waals surface area contributed by atoms with Crippen LogP contribution in [0.2, 0.25) is 0 Å². The highest BCUT2D eigenvalue weighted by Crippen LogP contribution is 2.08. The van der Waals surface area contributed by atoms with Gasteiger partial charge in [0.05, 0.1) is 0 Å². The molecule has 1 unspecified atom stereocenters. The molecule has 0 fully saturated rings. The van der Waals surface area contributed by atoms with Crippen LogP contribution in [0, 0.1) is 0 Å². The second kappa shape index (κ2) is 8.47. The van der Waals surface area contributed by atoms with Gasteiger partial charge in [-0.05, 0) is 24.1 Å². The van der Waals surface area contributed by atoms with E-state index in [-0.39, 0.29) is 18.6 Å². The minimum Gasteiger partial charge on any atom is -0.484 e. The third kappa shape index (κ3) is 5.60. The first kappa shape index (κ1) is 15.6. The summed E-state index contributed by atoms with van der Waals surface area (Å²) in [6.45, 7) is 0.0301. The highest BCUT2D eigenvalue weighted by molar-refractivity contribution is 9.09. The van der Waals surface area contributed by atoms with Gasteiger partial charge in [-0.3, -0.25) is 4.79 Å². The molecule has 0 spiro atoms. The normalized spacial score (nSPS) is 11.7. The van der Waals surface area contributed by atoms with E-state index in [1.54, 1.807) is 0 Å². The molecule has 21 heavy (non-hydrogen) atoms. The van der Waals surface area contributed by atoms with Crippen LogP contribution in [0.4, 0.5) is 0 Å². The van der Waals surface area contributed by atoms with Crippen LogP contribution in [0.25, 0.3) is 0 Å². The van der Waals surface area contributed by atoms with Gasteiger partial charge in [-0.1, -0.05) is 64.5 Å². The van der Waals surface area contributed by atoms with Crippen molar-refractivity contribution in [1.29, 1.82) is 0 Å². The number of carbonyl (C=O) groups is 1. The Kier molecular flexibility index (Phi) is 6.28. The van der Waals surface area contributed by atoms with Crippen molar-refractivity contribution < 1.29 is 9.53 Å². The molecule has 2 aromatic carbocycles. The molecule has 0 aliphatic rings. The second-order valence-corrected chi connectivity index (χ2v) is 5.36. The van der Waals surface area contributed by atoms with Gasteiger partial charge < -0.3 is 10.1 Å². The van der Waals surface area contributed by atoms with E-state index >= 15 is 0 Å². The standard InChI is InChI=1S/C17H18BrNO2/c18-12-15(11-14-7-3-1-4-8-14)19-17(20)13-21-16-9-5-2-6-10-16/h1-10,15H,11-13H2,(H,19,20). The number of alkyl halides is 1. The lowest BCUT2D eigenvalue weighted by atomic mass is 10.1. The monoisotopic (exact) mass is 347 g/mol. The molecule has 0 aliphatic heterocycles. The lowest BCUT2D eigenvalue weighted by Gasteiger charge is -2.16. The number of hydrogen-bond acceptors (Lipinski definition) is 2. The Morgan fingerprint density at radius 3 is 2.29 bits per heavy atom. The molecule has 1 amide bonds. The molecule has 0 saturated carbocycles. The lowest BCUT2D eigenvalue weighted by molar-refractivity contribution is -0.123. The first-order valence-electron chi connectivity index (χ1n) is 6.85. The largest absolute Gasteiger partial charge is 0.484 e. The molecular formula is C17H18BrNO2. The first-order valence-corrected chi connectivity index (χ1v) is 7.97. The topological polar surface area (TPSA) is 38.3 Å². The fourth-order valence-electron chi connectivity index (χ4n) is 1.98. The summed E-state index contributed by atoms with van der Waals surface area (Å²) in [4.78, 5) is 11.9. The predicted molar refractivity (Wildman–Crippen MR) is 87.8 cm³/mol. The molecular weight excluding hydrogens is 330 g/mol. The molecule has 3 nitrogen and oxygen atoms in total. The van der Waals surface area contributed by atoms with Gasteiger partial charge in [0.1, 0.15) is 5.75 Å². The van der Waals surface area contributed by atoms with Crippen molar-refractivity contribution in [1.82, 2.24) is 5.32 Å². The highest BCUT2D eigenvalue weighted by Gasteiger charge is 2.12. The summed E-state index contributed by atoms with van der Waals surface area (Å²) < 4.78 is 5.44. The zero-order valence-corrected chi connectivity index (χ0v) is 13.3. The van der Waals surface area contributed by atoms with E-state index in [4.69, 9.17) is 4.74 Å². The molecule has 1 N–H and O–H groups in total. The highest BCUT2D eigenvalue weighted by atomic mass is 79.9. The molecule has 0 radical (unpaired) electrons. The maximum Gasteiger partial charge on any atom is 0.258 e. The van der Waals surface area contributed by atoms with Gasteiger partial charge in [-0.15, -0.1) is 0 Å². The summed E-state index contributed by atoms with van der Waals surface area (Å²) in [5.41, 5.74) is 1.20. The third-order valence-corrected chi connectivity index (χ3v) is 3.77. The Balaban J connectivity index is 1.80. The number of benzene rings is 2. The van der Waals surface area contributed by atoms with Crippen molar-refractivity contribution in [2.24, 2.45) is 0 Å². The Labute approximate surface area is 133 Å². The summed E-state index contributed by atoms with van der Waals surface area (Å²) in [6.07, 6.45) is 0.795. The molecule has 1 atom stereocenters. The predicted octanol–water partition coefficient (Wildman–Crippen LogP) is 3.19. The minimum atomic E-state index is -0.112. The average molecular weight is 348 g/mol. The maximum absolute atomic E-state index is 11.9. The molecule has 2 aromatic rings. The number of halogens is 1. The van der Waals surface area contributed by atoms with Crippen molar-refractivity contribution in [2.45, 2.75) is 12.5 Å². The van der Waals surface area contributed by atoms with E-state index in [0.717, 1.165) is 6.42 Å². The van der Waals surface area contributed by atoms with Crippen LogP contribution in [0.15, 0.2) is 60.7 Å². The number of hydrogen-bond donors (Lipinski definition) is 1. The van der Waals surface area contributed by atoms with E-state index in [1.807, 2.05) is 48.5 Å². The quantitative estimate of drug-likeness (QED) is 0.781. The van der Waals surface area contributed by atoms with E-state index in [2.05, 4.69) is 33.4 Å². The van der Waals surface area contributed by atoms with E-state index in [1.165, 1.54) is 5.56 Å². The third-order valence-electron chi connectivity index (χ3n) is 2.99. The van der Waals surface area contributed by atoms with Crippen LogP contribution in [0.1, 0.15) is 5.56 Å². The van der Waals surface area contributed by atoms with Crippen LogP contribution in [0.3, 0.4) is 0 Å². The number of nitrogens with one attached hydrogen (secondary N) is 1. The Morgan fingerprint density at radius 2 is 1.67 bits per heavy atom. The summed E-state index contributed by atoms with van der Waals surface area (Å²) in [6, 6.07) is 19.5. The number of amides is 1. The van der Waals surface area contributed by atoms with E-state index in [0.29, 0.717) is 11.1 Å². The molecule has 0 aliphatic carbocycles. The molecule has 2 rings (SSSR count). The Hall–Kier alpha value is -1.81. The maximum atomic E-state index is 11.9. The van der Waals surface area contributed by atoms with Gasteiger partial charge in [0.15, 0.2) is 6.61 Å². The number of carbonyl (C=O) groups excluding carboxylic acids is 1. The molecule has 0 heterocycles. The summed E-state index contributed by atoms with van der Waals surface area (Å²) >= 11 is 3.44. The van der Waals surface area contributed by atoms with Gasteiger partial charge in [-0.25, -0.2) is 0 Å². The summed E-state index contributed by atoms with van der Waals surface area (Å²) in [5.74, 6) is 0.588. The smallest absolute Gasteiger partial charge is 0.258 e. The summed E-state index contributed by atoms with van der Waals surface area (Å²) in [5, 5.41) is 3.68. The SMILES string of the molecule is O=C(COc1ccccc1)NC(CBr)Cc1ccccc1. The molecule has 0 aromatic heterocycles. The number of rotatable bonds is 7. The number of ether oxygens (including phenoxy) is 1.